The summed E-state index contributed by atoms with van der Waals surface area (Å²) in [5.74, 6) is -0.398. The lowest BCUT2D eigenvalue weighted by Gasteiger charge is -2.10. The van der Waals surface area contributed by atoms with E-state index < -0.39 is 0 Å². The van der Waals surface area contributed by atoms with Crippen molar-refractivity contribution in [3.05, 3.63) is 86.6 Å². The highest BCUT2D eigenvalue weighted by molar-refractivity contribution is 6.13. The predicted molar refractivity (Wildman–Crippen MR) is 106 cm³/mol. The van der Waals surface area contributed by atoms with Crippen molar-refractivity contribution in [3.8, 4) is 5.75 Å². The Balaban J connectivity index is 1.99. The van der Waals surface area contributed by atoms with E-state index in [0.717, 1.165) is 11.1 Å². The second kappa shape index (κ2) is 6.09. The summed E-state index contributed by atoms with van der Waals surface area (Å²) in [6, 6.07) is 13.6. The maximum absolute atomic E-state index is 13.0. The third-order valence-corrected chi connectivity index (χ3v) is 4.81. The highest BCUT2D eigenvalue weighted by atomic mass is 16.3. The van der Waals surface area contributed by atoms with Crippen molar-refractivity contribution in [2.75, 3.05) is 0 Å². The van der Waals surface area contributed by atoms with Gasteiger partial charge in [-0.05, 0) is 62.7 Å². The van der Waals surface area contributed by atoms with Gasteiger partial charge in [0.05, 0.1) is 16.3 Å². The van der Waals surface area contributed by atoms with Crippen LogP contribution >= 0.6 is 0 Å². The number of phenolic OH excluding ortho intramolecular Hbond substituents is 1. The largest absolute Gasteiger partial charge is 0.507 e. The predicted octanol–water partition coefficient (Wildman–Crippen LogP) is 4.81. The van der Waals surface area contributed by atoms with E-state index in [4.69, 9.17) is 4.42 Å². The van der Waals surface area contributed by atoms with Gasteiger partial charge in [0.2, 0.25) is 5.43 Å². The zero-order chi connectivity index (χ0) is 19.3. The first kappa shape index (κ1) is 17.0. The van der Waals surface area contributed by atoms with E-state index in [9.17, 15) is 14.7 Å². The van der Waals surface area contributed by atoms with Gasteiger partial charge in [-0.25, -0.2) is 0 Å². The molecule has 0 amide bonds. The molecule has 27 heavy (non-hydrogen) atoms. The van der Waals surface area contributed by atoms with E-state index in [-0.39, 0.29) is 22.5 Å². The van der Waals surface area contributed by atoms with Gasteiger partial charge < -0.3 is 9.52 Å². The first-order valence-electron chi connectivity index (χ1n) is 8.67. The Morgan fingerprint density at radius 1 is 0.815 bits per heavy atom. The lowest BCUT2D eigenvalue weighted by Crippen LogP contribution is -2.08. The van der Waals surface area contributed by atoms with Crippen LogP contribution in [0.4, 0.5) is 0 Å². The van der Waals surface area contributed by atoms with Gasteiger partial charge in [0, 0.05) is 5.56 Å². The van der Waals surface area contributed by atoms with Crippen LogP contribution in [0, 0.1) is 20.8 Å². The number of benzene rings is 3. The van der Waals surface area contributed by atoms with Crippen molar-refractivity contribution in [1.29, 1.82) is 0 Å². The van der Waals surface area contributed by atoms with Crippen molar-refractivity contribution < 1.29 is 14.3 Å². The fraction of sp³-hybridized carbons (Fsp3) is 0.130. The maximum Gasteiger partial charge on any atom is 0.200 e. The van der Waals surface area contributed by atoms with E-state index in [1.54, 1.807) is 43.3 Å². The first-order valence-corrected chi connectivity index (χ1v) is 8.67. The number of hydrogen-bond donors (Lipinski definition) is 1. The van der Waals surface area contributed by atoms with Gasteiger partial charge in [-0.1, -0.05) is 23.3 Å². The minimum absolute atomic E-state index is 0.0775. The fourth-order valence-corrected chi connectivity index (χ4v) is 3.34. The molecule has 0 saturated heterocycles. The number of rotatable bonds is 2. The van der Waals surface area contributed by atoms with Gasteiger partial charge >= 0.3 is 0 Å². The Morgan fingerprint density at radius 3 is 2.26 bits per heavy atom. The number of phenols is 1. The number of ketones is 1. The molecule has 1 aromatic heterocycles. The Morgan fingerprint density at radius 2 is 1.48 bits per heavy atom. The Bertz CT molecular complexity index is 1300. The summed E-state index contributed by atoms with van der Waals surface area (Å²) >= 11 is 0. The van der Waals surface area contributed by atoms with E-state index in [1.165, 1.54) is 6.07 Å². The van der Waals surface area contributed by atoms with Crippen molar-refractivity contribution in [1.82, 2.24) is 0 Å². The molecule has 0 atom stereocenters. The molecule has 3 aromatic carbocycles. The van der Waals surface area contributed by atoms with Crippen LogP contribution in [0.5, 0.6) is 5.75 Å². The van der Waals surface area contributed by atoms with Crippen LogP contribution < -0.4 is 5.43 Å². The lowest BCUT2D eigenvalue weighted by atomic mass is 9.95. The minimum atomic E-state index is -0.320. The Kier molecular flexibility index (Phi) is 3.84. The SMILES string of the molecule is Cc1ccc(O)c(C(=O)c2cc3c(=O)c4cc(C)ccc4oc3cc2C)c1. The molecule has 4 heteroatoms. The van der Waals surface area contributed by atoms with Crippen LogP contribution in [0.2, 0.25) is 0 Å². The summed E-state index contributed by atoms with van der Waals surface area (Å²) in [5.41, 5.74) is 3.91. The summed E-state index contributed by atoms with van der Waals surface area (Å²) in [6.45, 7) is 5.55. The van der Waals surface area contributed by atoms with Crippen LogP contribution in [-0.2, 0) is 0 Å². The minimum Gasteiger partial charge on any atom is -0.507 e. The summed E-state index contributed by atoms with van der Waals surface area (Å²) in [4.78, 5) is 26.0. The number of carbonyl (C=O) groups excluding carboxylic acids is 1. The topological polar surface area (TPSA) is 67.5 Å². The number of carbonyl (C=O) groups is 1. The van der Waals surface area contributed by atoms with Crippen LogP contribution in [0.1, 0.15) is 32.6 Å². The van der Waals surface area contributed by atoms with Gasteiger partial charge in [0.25, 0.3) is 0 Å². The smallest absolute Gasteiger partial charge is 0.200 e. The second-order valence-electron chi connectivity index (χ2n) is 6.94. The molecule has 0 aliphatic heterocycles. The summed E-state index contributed by atoms with van der Waals surface area (Å²) in [6.07, 6.45) is 0. The third kappa shape index (κ3) is 2.79. The monoisotopic (exact) mass is 358 g/mol. The van der Waals surface area contributed by atoms with Gasteiger partial charge in [0.15, 0.2) is 5.78 Å². The number of fused-ring (bicyclic) bond motifs is 2. The molecule has 1 N–H and O–H groups in total. The van der Waals surface area contributed by atoms with Crippen molar-refractivity contribution in [2.45, 2.75) is 20.8 Å². The molecule has 0 aliphatic carbocycles. The van der Waals surface area contributed by atoms with E-state index in [1.807, 2.05) is 19.9 Å². The molecule has 0 spiro atoms. The standard InChI is InChI=1S/C23H18O4/c1-12-4-6-19(24)16(8-12)22(25)15-11-18-21(10-14(15)3)27-20-7-5-13(2)9-17(20)23(18)26/h4-11,24H,1-3H3. The van der Waals surface area contributed by atoms with Gasteiger partial charge in [-0.15, -0.1) is 0 Å². The third-order valence-electron chi connectivity index (χ3n) is 4.81. The normalized spacial score (nSPS) is 11.2. The van der Waals surface area contributed by atoms with Crippen LogP contribution in [0.3, 0.4) is 0 Å². The molecule has 4 rings (SSSR count). The molecular formula is C23H18O4. The van der Waals surface area contributed by atoms with Crippen molar-refractivity contribution >= 4 is 27.7 Å². The fourth-order valence-electron chi connectivity index (χ4n) is 3.34. The molecule has 0 fully saturated rings. The average molecular weight is 358 g/mol. The number of hydrogen-bond acceptors (Lipinski definition) is 4. The molecular weight excluding hydrogens is 340 g/mol. The van der Waals surface area contributed by atoms with E-state index in [0.29, 0.717) is 33.1 Å². The van der Waals surface area contributed by atoms with E-state index in [2.05, 4.69) is 0 Å². The highest BCUT2D eigenvalue weighted by Gasteiger charge is 2.19. The molecule has 0 aliphatic rings. The first-order chi connectivity index (χ1) is 12.8. The maximum atomic E-state index is 13.0. The molecule has 0 bridgehead atoms. The summed E-state index contributed by atoms with van der Waals surface area (Å²) < 4.78 is 5.89. The lowest BCUT2D eigenvalue weighted by molar-refractivity contribution is 0.103. The Hall–Kier alpha value is -3.40. The molecule has 0 radical (unpaired) electrons. The summed E-state index contributed by atoms with van der Waals surface area (Å²) in [5, 5.41) is 10.9. The molecule has 4 aromatic rings. The van der Waals surface area contributed by atoms with Crippen molar-refractivity contribution in [2.24, 2.45) is 0 Å². The second-order valence-corrected chi connectivity index (χ2v) is 6.94. The molecule has 0 unspecified atom stereocenters. The average Bonchev–Trinajstić information content (AvgIpc) is 2.63. The quantitative estimate of drug-likeness (QED) is 0.412. The van der Waals surface area contributed by atoms with Crippen LogP contribution in [0.25, 0.3) is 21.9 Å². The van der Waals surface area contributed by atoms with Gasteiger partial charge in [0.1, 0.15) is 16.9 Å². The number of aromatic hydroxyl groups is 1. The molecule has 0 saturated carbocycles. The summed E-state index contributed by atoms with van der Waals surface area (Å²) in [7, 11) is 0. The van der Waals surface area contributed by atoms with Crippen LogP contribution in [0.15, 0.2) is 57.7 Å². The number of aryl methyl sites for hydroxylation is 3. The zero-order valence-corrected chi connectivity index (χ0v) is 15.3. The molecule has 4 nitrogen and oxygen atoms in total. The molecule has 1 heterocycles. The highest BCUT2D eigenvalue weighted by Crippen LogP contribution is 2.27. The van der Waals surface area contributed by atoms with E-state index >= 15 is 0 Å². The molecule has 134 valence electrons. The zero-order valence-electron chi connectivity index (χ0n) is 15.3. The van der Waals surface area contributed by atoms with Crippen molar-refractivity contribution in [3.63, 3.8) is 0 Å². The Labute approximate surface area is 155 Å². The van der Waals surface area contributed by atoms with Gasteiger partial charge in [-0.2, -0.15) is 0 Å². The van der Waals surface area contributed by atoms with Crippen LogP contribution in [-0.4, -0.2) is 10.9 Å². The van der Waals surface area contributed by atoms with Gasteiger partial charge in [-0.3, -0.25) is 9.59 Å².